The molecule has 0 radical (unpaired) electrons. The number of nitrogens with zero attached hydrogens (tertiary/aromatic N) is 2. The van der Waals surface area contributed by atoms with Gasteiger partial charge in [-0.05, 0) is 68.7 Å². The highest BCUT2D eigenvalue weighted by molar-refractivity contribution is 7.87. The maximum absolute atomic E-state index is 11.1. The molecular weight excluding hydrogens is 372 g/mol. The van der Waals surface area contributed by atoms with Crippen LogP contribution in [0.1, 0.15) is 42.4 Å². The van der Waals surface area contributed by atoms with Crippen LogP contribution in [0.2, 0.25) is 0 Å². The van der Waals surface area contributed by atoms with Gasteiger partial charge in [0.05, 0.1) is 16.8 Å². The Morgan fingerprint density at radius 2 is 2.04 bits per heavy atom. The van der Waals surface area contributed by atoms with E-state index < -0.39 is 10.2 Å². The number of anilines is 1. The molecule has 1 aromatic carbocycles. The Balaban J connectivity index is 1.83. The molecule has 1 saturated heterocycles. The first-order valence-corrected chi connectivity index (χ1v) is 11.2. The number of terminal acetylenes is 1. The second kappa shape index (κ2) is 8.48. The Kier molecular flexibility index (Phi) is 6.23. The quantitative estimate of drug-likeness (QED) is 0.755. The van der Waals surface area contributed by atoms with Gasteiger partial charge in [-0.2, -0.15) is 8.42 Å². The minimum absolute atomic E-state index is 0.385. The number of nitrogens with one attached hydrogen (secondary N) is 1. The Bertz CT molecular complexity index is 1010. The topological polar surface area (TPSA) is 88.3 Å². The second-order valence-electron chi connectivity index (χ2n) is 7.63. The van der Waals surface area contributed by atoms with Crippen molar-refractivity contribution in [2.75, 3.05) is 24.5 Å². The van der Waals surface area contributed by atoms with Crippen molar-refractivity contribution in [3.63, 3.8) is 0 Å². The molecule has 1 atom stereocenters. The standard InChI is InChI=1S/C21H28N4O2S/c1-4-18-14-23-20-13-16(3)15(2)12-19(20)21(18)25-10-5-6-17(8-11-25)7-9-24-28(22,26)27/h1,12-14,17,24H,5-11H2,2-3H3,(H2,22,26,27)/t17-/m0/s1. The molecule has 0 aliphatic carbocycles. The number of hydrogen-bond acceptors (Lipinski definition) is 4. The normalized spacial score (nSPS) is 18.1. The summed E-state index contributed by atoms with van der Waals surface area (Å²) < 4.78 is 24.5. The fourth-order valence-corrected chi connectivity index (χ4v) is 4.37. The average Bonchev–Trinajstić information content (AvgIpc) is 2.86. The molecule has 1 aromatic heterocycles. The molecule has 1 aliphatic rings. The Hall–Kier alpha value is -2.14. The highest BCUT2D eigenvalue weighted by Crippen LogP contribution is 2.33. The number of pyridine rings is 1. The summed E-state index contributed by atoms with van der Waals surface area (Å²) in [6.45, 7) is 6.41. The molecular formula is C21H28N4O2S. The predicted molar refractivity (Wildman–Crippen MR) is 114 cm³/mol. The average molecular weight is 401 g/mol. The first-order chi connectivity index (χ1) is 13.3. The van der Waals surface area contributed by atoms with Crippen LogP contribution in [0.15, 0.2) is 18.3 Å². The van der Waals surface area contributed by atoms with E-state index in [0.717, 1.165) is 60.9 Å². The van der Waals surface area contributed by atoms with Gasteiger partial charge in [0.2, 0.25) is 0 Å². The zero-order valence-electron chi connectivity index (χ0n) is 16.5. The van der Waals surface area contributed by atoms with E-state index >= 15 is 0 Å². The van der Waals surface area contributed by atoms with E-state index in [9.17, 15) is 8.42 Å². The Labute approximate surface area is 167 Å². The molecule has 7 heteroatoms. The summed E-state index contributed by atoms with van der Waals surface area (Å²) in [5.74, 6) is 3.27. The Morgan fingerprint density at radius 3 is 2.75 bits per heavy atom. The Morgan fingerprint density at radius 1 is 1.29 bits per heavy atom. The molecule has 3 rings (SSSR count). The summed E-state index contributed by atoms with van der Waals surface area (Å²) in [7, 11) is -3.62. The molecule has 0 amide bonds. The number of hydrogen-bond donors (Lipinski definition) is 2. The zero-order valence-corrected chi connectivity index (χ0v) is 17.3. The summed E-state index contributed by atoms with van der Waals surface area (Å²) in [5.41, 5.74) is 5.34. The van der Waals surface area contributed by atoms with Crippen molar-refractivity contribution >= 4 is 26.8 Å². The number of aryl methyl sites for hydroxylation is 2. The largest absolute Gasteiger partial charge is 0.370 e. The summed E-state index contributed by atoms with van der Waals surface area (Å²) in [6.07, 6.45) is 11.5. The van der Waals surface area contributed by atoms with Gasteiger partial charge < -0.3 is 4.90 Å². The molecule has 1 aliphatic heterocycles. The van der Waals surface area contributed by atoms with Gasteiger partial charge in [-0.15, -0.1) is 6.42 Å². The van der Waals surface area contributed by atoms with Gasteiger partial charge in [0.15, 0.2) is 0 Å². The molecule has 0 bridgehead atoms. The van der Waals surface area contributed by atoms with E-state index in [0.29, 0.717) is 12.5 Å². The van der Waals surface area contributed by atoms with Gasteiger partial charge in [-0.25, -0.2) is 9.86 Å². The third-order valence-corrected chi connectivity index (χ3v) is 6.24. The third-order valence-electron chi connectivity index (χ3n) is 5.63. The first-order valence-electron chi connectivity index (χ1n) is 9.67. The lowest BCUT2D eigenvalue weighted by atomic mass is 9.97. The number of fused-ring (bicyclic) bond motifs is 1. The van der Waals surface area contributed by atoms with E-state index in [4.69, 9.17) is 11.6 Å². The lowest BCUT2D eigenvalue weighted by molar-refractivity contribution is 0.438. The summed E-state index contributed by atoms with van der Waals surface area (Å²) in [4.78, 5) is 6.94. The second-order valence-corrected chi connectivity index (χ2v) is 9.01. The molecule has 28 heavy (non-hydrogen) atoms. The smallest absolute Gasteiger partial charge is 0.274 e. The van der Waals surface area contributed by atoms with Crippen molar-refractivity contribution < 1.29 is 8.42 Å². The van der Waals surface area contributed by atoms with Crippen molar-refractivity contribution in [3.05, 3.63) is 35.0 Å². The summed E-state index contributed by atoms with van der Waals surface area (Å²) in [6, 6.07) is 4.31. The maximum atomic E-state index is 11.1. The molecule has 1 fully saturated rings. The van der Waals surface area contributed by atoms with Crippen molar-refractivity contribution in [1.82, 2.24) is 9.71 Å². The van der Waals surface area contributed by atoms with Crippen molar-refractivity contribution in [2.24, 2.45) is 11.1 Å². The fourth-order valence-electron chi connectivity index (χ4n) is 3.97. The van der Waals surface area contributed by atoms with Crippen LogP contribution < -0.4 is 14.8 Å². The SMILES string of the molecule is C#Cc1cnc2cc(C)c(C)cc2c1N1CCC[C@@H](CCNS(N)(=O)=O)CC1. The van der Waals surface area contributed by atoms with Crippen LogP contribution in [-0.4, -0.2) is 33.0 Å². The van der Waals surface area contributed by atoms with Crippen LogP contribution in [-0.2, 0) is 10.2 Å². The number of aromatic nitrogens is 1. The summed E-state index contributed by atoms with van der Waals surface area (Å²) in [5, 5.41) is 6.12. The van der Waals surface area contributed by atoms with Gasteiger partial charge in [0.25, 0.3) is 10.2 Å². The van der Waals surface area contributed by atoms with Crippen LogP contribution in [0.4, 0.5) is 5.69 Å². The molecule has 3 N–H and O–H groups in total. The molecule has 0 spiro atoms. The van der Waals surface area contributed by atoms with E-state index in [-0.39, 0.29) is 0 Å². The lowest BCUT2D eigenvalue weighted by Crippen LogP contribution is -2.32. The predicted octanol–water partition coefficient (Wildman–Crippen LogP) is 2.62. The van der Waals surface area contributed by atoms with Crippen LogP contribution in [0, 0.1) is 32.1 Å². The number of rotatable bonds is 5. The van der Waals surface area contributed by atoms with Crippen molar-refractivity contribution in [2.45, 2.75) is 39.5 Å². The van der Waals surface area contributed by atoms with E-state index in [2.05, 4.69) is 46.5 Å². The zero-order chi connectivity index (χ0) is 20.3. The molecule has 2 heterocycles. The van der Waals surface area contributed by atoms with Crippen molar-refractivity contribution in [1.29, 1.82) is 0 Å². The first kappa shape index (κ1) is 20.6. The minimum Gasteiger partial charge on any atom is -0.370 e. The maximum Gasteiger partial charge on any atom is 0.274 e. The van der Waals surface area contributed by atoms with Gasteiger partial charge in [0.1, 0.15) is 0 Å². The molecule has 6 nitrogen and oxygen atoms in total. The van der Waals surface area contributed by atoms with Crippen LogP contribution in [0.5, 0.6) is 0 Å². The number of nitrogens with two attached hydrogens (primary N) is 1. The molecule has 2 aromatic rings. The van der Waals surface area contributed by atoms with Crippen molar-refractivity contribution in [3.8, 4) is 12.3 Å². The fraction of sp³-hybridized carbons (Fsp3) is 0.476. The monoisotopic (exact) mass is 400 g/mol. The highest BCUT2D eigenvalue weighted by Gasteiger charge is 2.21. The minimum atomic E-state index is -3.62. The van der Waals surface area contributed by atoms with Gasteiger partial charge in [-0.3, -0.25) is 4.98 Å². The van der Waals surface area contributed by atoms with Crippen LogP contribution in [0.25, 0.3) is 10.9 Å². The van der Waals surface area contributed by atoms with Gasteiger partial charge in [0, 0.05) is 31.2 Å². The van der Waals surface area contributed by atoms with E-state index in [1.54, 1.807) is 6.20 Å². The molecule has 150 valence electrons. The lowest BCUT2D eigenvalue weighted by Gasteiger charge is -2.26. The molecule has 0 saturated carbocycles. The van der Waals surface area contributed by atoms with Gasteiger partial charge >= 0.3 is 0 Å². The number of benzene rings is 1. The summed E-state index contributed by atoms with van der Waals surface area (Å²) >= 11 is 0. The van der Waals surface area contributed by atoms with E-state index in [1.807, 2.05) is 0 Å². The van der Waals surface area contributed by atoms with Crippen LogP contribution in [0.3, 0.4) is 0 Å². The highest BCUT2D eigenvalue weighted by atomic mass is 32.2. The van der Waals surface area contributed by atoms with Crippen LogP contribution >= 0.6 is 0 Å². The van der Waals surface area contributed by atoms with Gasteiger partial charge in [-0.1, -0.05) is 5.92 Å². The van der Waals surface area contributed by atoms with E-state index in [1.165, 1.54) is 11.1 Å². The molecule has 0 unspecified atom stereocenters. The third kappa shape index (κ3) is 4.82.